The van der Waals surface area contributed by atoms with Gasteiger partial charge in [0, 0.05) is 0 Å². The van der Waals surface area contributed by atoms with Crippen molar-refractivity contribution in [2.75, 3.05) is 12.4 Å². The summed E-state index contributed by atoms with van der Waals surface area (Å²) in [6, 6.07) is 0. The summed E-state index contributed by atoms with van der Waals surface area (Å²) in [5.41, 5.74) is 0. The number of carbonyl (C=O) groups is 1. The van der Waals surface area contributed by atoms with Crippen LogP contribution in [0.5, 0.6) is 0 Å². The van der Waals surface area contributed by atoms with Crippen molar-refractivity contribution in [3.05, 3.63) is 0 Å². The number of hydrogen-bond acceptors (Lipinski definition) is 3. The maximum Gasteiger partial charge on any atom is 0.315 e. The van der Waals surface area contributed by atoms with Crippen LogP contribution in [0.2, 0.25) is 0 Å². The third-order valence-electron chi connectivity index (χ3n) is 2.15. The van der Waals surface area contributed by atoms with Crippen molar-refractivity contribution in [1.29, 1.82) is 0 Å². The Morgan fingerprint density at radius 1 is 1.43 bits per heavy atom. The highest BCUT2D eigenvalue weighted by Crippen LogP contribution is 2.12. The van der Waals surface area contributed by atoms with Gasteiger partial charge in [-0.3, -0.25) is 4.79 Å². The Hall–Kier alpha value is 0.170. The topological polar surface area (TPSA) is 26.3 Å². The number of hydrogen-bond donors (Lipinski definition) is 1. The van der Waals surface area contributed by atoms with Crippen LogP contribution in [0.1, 0.15) is 39.5 Å². The van der Waals surface area contributed by atoms with Gasteiger partial charge in [-0.25, -0.2) is 0 Å². The molecule has 0 N–H and O–H groups in total. The van der Waals surface area contributed by atoms with Crippen molar-refractivity contribution < 1.29 is 9.53 Å². The molecule has 0 saturated carbocycles. The molecule has 0 saturated heterocycles. The second-order valence-electron chi connectivity index (χ2n) is 3.26. The minimum Gasteiger partial charge on any atom is -2.00 e. The highest BCUT2D eigenvalue weighted by Gasteiger charge is 2.08. The number of rotatable bonds is 7. The Bertz CT molecular complexity index is 140. The molecule has 0 aliphatic rings. The second-order valence-corrected chi connectivity index (χ2v) is 3.57. The molecule has 0 rings (SSSR count). The lowest BCUT2D eigenvalue weighted by Crippen LogP contribution is -2.14. The van der Waals surface area contributed by atoms with E-state index in [2.05, 4.69) is 26.5 Å². The monoisotopic (exact) mass is 236 g/mol. The lowest BCUT2D eigenvalue weighted by molar-refractivity contribution is -0.141. The summed E-state index contributed by atoms with van der Waals surface area (Å²) in [7, 11) is 0. The summed E-state index contributed by atoms with van der Waals surface area (Å²) >= 11 is 3.84. The lowest BCUT2D eigenvalue weighted by Gasteiger charge is -2.13. The molecule has 2 nitrogen and oxygen atoms in total. The minimum absolute atomic E-state index is 0. The third-order valence-corrected chi connectivity index (χ3v) is 2.41. The van der Waals surface area contributed by atoms with Gasteiger partial charge in [0.15, 0.2) is 0 Å². The fourth-order valence-corrected chi connectivity index (χ4v) is 1.25. The third kappa shape index (κ3) is 8.75. The highest BCUT2D eigenvalue weighted by atomic mass is 32.1. The molecule has 0 aromatic carbocycles. The van der Waals surface area contributed by atoms with E-state index < -0.39 is 0 Å². The van der Waals surface area contributed by atoms with Crippen LogP contribution in [0.4, 0.5) is 0 Å². The Morgan fingerprint density at radius 2 is 2.07 bits per heavy atom. The van der Waals surface area contributed by atoms with Gasteiger partial charge >= 0.3 is 5.97 Å². The van der Waals surface area contributed by atoms with Gasteiger partial charge in [-0.1, -0.05) is 33.1 Å². The van der Waals surface area contributed by atoms with Crippen LogP contribution in [0.15, 0.2) is 0 Å². The molecule has 0 fully saturated rings. The van der Waals surface area contributed by atoms with Crippen LogP contribution in [-0.2, 0) is 23.0 Å². The van der Waals surface area contributed by atoms with Gasteiger partial charge < -0.3 is 18.2 Å². The van der Waals surface area contributed by atoms with Crippen LogP contribution in [0, 0.1) is 5.92 Å². The van der Waals surface area contributed by atoms with E-state index in [-0.39, 0.29) is 25.2 Å². The summed E-state index contributed by atoms with van der Waals surface area (Å²) in [5.74, 6) is 0.506. The zero-order valence-electron chi connectivity index (χ0n) is 8.99. The van der Waals surface area contributed by atoms with Gasteiger partial charge in [0.2, 0.25) is 0 Å². The zero-order valence-corrected chi connectivity index (χ0v) is 10.7. The first-order chi connectivity index (χ1) is 6.24. The molecular weight excluding hydrogens is 216 g/mol. The Balaban J connectivity index is 0. The summed E-state index contributed by atoms with van der Waals surface area (Å²) in [4.78, 5) is 10.8. The van der Waals surface area contributed by atoms with Gasteiger partial charge in [0.1, 0.15) is 0 Å². The normalized spacial score (nSPS) is 11.6. The fourth-order valence-electron chi connectivity index (χ4n) is 1.15. The van der Waals surface area contributed by atoms with Gasteiger partial charge in [-0.15, -0.1) is 0 Å². The Morgan fingerprint density at radius 3 is 2.50 bits per heavy atom. The zero-order chi connectivity index (χ0) is 10.1. The maximum absolute atomic E-state index is 10.8. The van der Waals surface area contributed by atoms with Gasteiger partial charge in [-0.2, -0.15) is 12.6 Å². The second kappa shape index (κ2) is 11.2. The molecule has 0 spiro atoms. The number of thiol groups is 1. The SMILES string of the molecule is CCCCC(CC)COC(=O)CS.[S-2]. The molecule has 0 amide bonds. The molecule has 0 radical (unpaired) electrons. The molecule has 0 aliphatic heterocycles. The van der Waals surface area contributed by atoms with E-state index in [0.717, 1.165) is 12.8 Å². The molecule has 0 bridgehead atoms. The smallest absolute Gasteiger partial charge is 0.315 e. The fraction of sp³-hybridized carbons (Fsp3) is 0.900. The largest absolute Gasteiger partial charge is 2.00 e. The number of ether oxygens (including phenoxy) is 1. The summed E-state index contributed by atoms with van der Waals surface area (Å²) < 4.78 is 5.03. The quantitative estimate of drug-likeness (QED) is 0.543. The molecular formula is C10H20O2S2-2. The van der Waals surface area contributed by atoms with Gasteiger partial charge in [0.05, 0.1) is 12.4 Å². The van der Waals surface area contributed by atoms with Gasteiger partial charge in [0.25, 0.3) is 0 Å². The minimum atomic E-state index is -0.210. The van der Waals surface area contributed by atoms with E-state index in [1.165, 1.54) is 12.8 Å². The van der Waals surface area contributed by atoms with E-state index in [1.807, 2.05) is 0 Å². The van der Waals surface area contributed by atoms with E-state index in [0.29, 0.717) is 12.5 Å². The highest BCUT2D eigenvalue weighted by molar-refractivity contribution is 7.81. The summed E-state index contributed by atoms with van der Waals surface area (Å²) in [6.07, 6.45) is 4.67. The predicted molar refractivity (Wildman–Crippen MR) is 65.5 cm³/mol. The molecule has 4 heteroatoms. The van der Waals surface area contributed by atoms with Crippen molar-refractivity contribution >= 4 is 32.1 Å². The molecule has 14 heavy (non-hydrogen) atoms. The maximum atomic E-state index is 10.8. The number of carbonyl (C=O) groups excluding carboxylic acids is 1. The number of unbranched alkanes of at least 4 members (excludes halogenated alkanes) is 1. The lowest BCUT2D eigenvalue weighted by atomic mass is 10.0. The average Bonchev–Trinajstić information content (AvgIpc) is 2.17. The van der Waals surface area contributed by atoms with Crippen molar-refractivity contribution in [3.8, 4) is 0 Å². The van der Waals surface area contributed by atoms with Crippen LogP contribution in [0.3, 0.4) is 0 Å². The molecule has 1 atom stereocenters. The molecule has 0 aromatic rings. The first-order valence-electron chi connectivity index (χ1n) is 5.01. The molecule has 86 valence electrons. The summed E-state index contributed by atoms with van der Waals surface area (Å²) in [6.45, 7) is 4.87. The van der Waals surface area contributed by atoms with Crippen LogP contribution >= 0.6 is 12.6 Å². The van der Waals surface area contributed by atoms with Crippen molar-refractivity contribution in [2.24, 2.45) is 5.92 Å². The molecule has 1 unspecified atom stereocenters. The predicted octanol–water partition coefficient (Wildman–Crippen LogP) is 2.67. The Kier molecular flexibility index (Phi) is 13.3. The van der Waals surface area contributed by atoms with E-state index in [1.54, 1.807) is 0 Å². The average molecular weight is 236 g/mol. The standard InChI is InChI=1S/C10H20O2S.S/c1-3-5-6-9(4-2)7-12-10(11)8-13;/h9,13H,3-8H2,1-2H3;/q;-2. The number of esters is 1. The van der Waals surface area contributed by atoms with Gasteiger partial charge in [-0.05, 0) is 12.3 Å². The molecule has 0 aromatic heterocycles. The molecule has 0 heterocycles. The Labute approximate surface area is 99.6 Å². The first-order valence-corrected chi connectivity index (χ1v) is 5.64. The van der Waals surface area contributed by atoms with Crippen molar-refractivity contribution in [1.82, 2.24) is 0 Å². The van der Waals surface area contributed by atoms with Crippen molar-refractivity contribution in [3.63, 3.8) is 0 Å². The first kappa shape index (κ1) is 16.6. The van der Waals surface area contributed by atoms with E-state index in [9.17, 15) is 4.79 Å². The van der Waals surface area contributed by atoms with E-state index >= 15 is 0 Å². The van der Waals surface area contributed by atoms with E-state index in [4.69, 9.17) is 4.74 Å². The van der Waals surface area contributed by atoms with Crippen molar-refractivity contribution in [2.45, 2.75) is 39.5 Å². The van der Waals surface area contributed by atoms with Crippen LogP contribution in [0.25, 0.3) is 0 Å². The molecule has 0 aliphatic carbocycles. The summed E-state index contributed by atoms with van der Waals surface area (Å²) in [5, 5.41) is 0. The van der Waals surface area contributed by atoms with Crippen LogP contribution in [-0.4, -0.2) is 18.3 Å². The van der Waals surface area contributed by atoms with Crippen LogP contribution < -0.4 is 0 Å².